The zero-order chi connectivity index (χ0) is 9.61. The second kappa shape index (κ2) is 7.75. The molecule has 0 spiro atoms. The van der Waals surface area contributed by atoms with Crippen LogP contribution < -0.4 is 29.6 Å². The van der Waals surface area contributed by atoms with Crippen molar-refractivity contribution in [2.24, 2.45) is 0 Å². The number of unbranched alkanes of at least 4 members (excludes halogenated alkanes) is 1. The Bertz CT molecular complexity index is 241. The van der Waals surface area contributed by atoms with Gasteiger partial charge >= 0.3 is 45.6 Å². The standard InChI is InChI=1S/C6H12O5S.Na.H/c1-2-3-4-6(7)11-5-12(8,9)10;;/h2-5H2,1H3,(H,8,9,10);;/q;+1;-1. The van der Waals surface area contributed by atoms with E-state index in [9.17, 15) is 13.2 Å². The van der Waals surface area contributed by atoms with Gasteiger partial charge in [-0.3, -0.25) is 9.35 Å². The smallest absolute Gasteiger partial charge is 1.00 e. The van der Waals surface area contributed by atoms with Crippen LogP contribution in [-0.4, -0.2) is 24.9 Å². The molecule has 0 amide bonds. The van der Waals surface area contributed by atoms with Crippen molar-refractivity contribution in [3.8, 4) is 0 Å². The molecular formula is C6H13NaO5S. The van der Waals surface area contributed by atoms with E-state index in [-0.39, 0.29) is 37.4 Å². The molecule has 0 aliphatic heterocycles. The fourth-order valence-electron chi connectivity index (χ4n) is 0.533. The van der Waals surface area contributed by atoms with E-state index in [4.69, 9.17) is 4.55 Å². The Hall–Kier alpha value is 0.380. The summed E-state index contributed by atoms with van der Waals surface area (Å²) >= 11 is 0. The Morgan fingerprint density at radius 1 is 1.54 bits per heavy atom. The molecule has 0 saturated heterocycles. The van der Waals surface area contributed by atoms with E-state index in [1.54, 1.807) is 0 Å². The topological polar surface area (TPSA) is 80.7 Å². The summed E-state index contributed by atoms with van der Waals surface area (Å²) < 4.78 is 32.6. The molecule has 0 aromatic heterocycles. The molecule has 0 aromatic rings. The van der Waals surface area contributed by atoms with Gasteiger partial charge in [0.15, 0.2) is 0 Å². The van der Waals surface area contributed by atoms with Crippen LogP contribution in [0, 0.1) is 0 Å². The van der Waals surface area contributed by atoms with Crippen molar-refractivity contribution in [1.29, 1.82) is 0 Å². The third-order valence-electron chi connectivity index (χ3n) is 1.10. The van der Waals surface area contributed by atoms with Crippen LogP contribution in [-0.2, 0) is 19.6 Å². The summed E-state index contributed by atoms with van der Waals surface area (Å²) in [6, 6.07) is 0. The van der Waals surface area contributed by atoms with E-state index < -0.39 is 22.0 Å². The fourth-order valence-corrected chi connectivity index (χ4v) is 0.814. The van der Waals surface area contributed by atoms with E-state index in [0.717, 1.165) is 6.42 Å². The quantitative estimate of drug-likeness (QED) is 0.319. The molecule has 74 valence electrons. The molecule has 13 heavy (non-hydrogen) atoms. The summed E-state index contributed by atoms with van der Waals surface area (Å²) in [7, 11) is -4.19. The van der Waals surface area contributed by atoms with Gasteiger partial charge < -0.3 is 6.16 Å². The summed E-state index contributed by atoms with van der Waals surface area (Å²) in [4.78, 5) is 10.7. The first-order valence-electron chi connectivity index (χ1n) is 3.56. The maximum Gasteiger partial charge on any atom is 1.00 e. The number of rotatable bonds is 5. The molecule has 7 heteroatoms. The fraction of sp³-hybridized carbons (Fsp3) is 0.833. The third kappa shape index (κ3) is 12.4. The van der Waals surface area contributed by atoms with E-state index in [2.05, 4.69) is 4.74 Å². The van der Waals surface area contributed by atoms with Crippen LogP contribution in [0.15, 0.2) is 0 Å². The first-order valence-corrected chi connectivity index (χ1v) is 5.17. The van der Waals surface area contributed by atoms with Crippen molar-refractivity contribution >= 4 is 16.1 Å². The van der Waals surface area contributed by atoms with Crippen molar-refractivity contribution in [2.45, 2.75) is 26.2 Å². The Balaban J connectivity index is -0.000000605. The summed E-state index contributed by atoms with van der Waals surface area (Å²) in [6.45, 7) is 1.90. The van der Waals surface area contributed by atoms with Gasteiger partial charge in [0.2, 0.25) is 5.94 Å². The van der Waals surface area contributed by atoms with Gasteiger partial charge in [-0.15, -0.1) is 0 Å². The third-order valence-corrected chi connectivity index (χ3v) is 1.52. The van der Waals surface area contributed by atoms with Gasteiger partial charge in [0.05, 0.1) is 0 Å². The molecule has 0 aliphatic carbocycles. The van der Waals surface area contributed by atoms with Crippen LogP contribution in [0.4, 0.5) is 0 Å². The molecule has 0 unspecified atom stereocenters. The predicted octanol–water partition coefficient (Wildman–Crippen LogP) is -2.32. The maximum absolute atomic E-state index is 10.7. The van der Waals surface area contributed by atoms with Crippen molar-refractivity contribution in [3.63, 3.8) is 0 Å². The second-order valence-corrected chi connectivity index (χ2v) is 3.72. The van der Waals surface area contributed by atoms with Crippen molar-refractivity contribution < 1.29 is 53.5 Å². The van der Waals surface area contributed by atoms with Crippen molar-refractivity contribution in [3.05, 3.63) is 0 Å². The van der Waals surface area contributed by atoms with Crippen LogP contribution in [0.1, 0.15) is 27.6 Å². The average Bonchev–Trinajstić information content (AvgIpc) is 1.95. The van der Waals surface area contributed by atoms with Gasteiger partial charge in [0.1, 0.15) is 0 Å². The van der Waals surface area contributed by atoms with E-state index in [1.807, 2.05) is 6.92 Å². The first-order chi connectivity index (χ1) is 5.45. The molecule has 0 rings (SSSR count). The summed E-state index contributed by atoms with van der Waals surface area (Å²) in [6.07, 6.45) is 1.68. The molecule has 0 heterocycles. The molecule has 0 aliphatic rings. The molecule has 0 saturated carbocycles. The van der Waals surface area contributed by atoms with E-state index >= 15 is 0 Å². The van der Waals surface area contributed by atoms with Gasteiger partial charge in [-0.25, -0.2) is 0 Å². The average molecular weight is 220 g/mol. The SMILES string of the molecule is CCCCC(=O)OCS(=O)(=O)O.[H-].[Na+]. The van der Waals surface area contributed by atoms with Gasteiger partial charge in [-0.05, 0) is 6.42 Å². The minimum absolute atomic E-state index is 0. The van der Waals surface area contributed by atoms with Crippen LogP contribution in [0.2, 0.25) is 0 Å². The molecule has 1 N–H and O–H groups in total. The Morgan fingerprint density at radius 3 is 2.46 bits per heavy atom. The summed E-state index contributed by atoms with van der Waals surface area (Å²) in [5.41, 5.74) is 0. The molecule has 0 bridgehead atoms. The van der Waals surface area contributed by atoms with Crippen LogP contribution in [0.3, 0.4) is 0 Å². The first kappa shape index (κ1) is 15.8. The van der Waals surface area contributed by atoms with Crippen LogP contribution >= 0.6 is 0 Å². The van der Waals surface area contributed by atoms with Gasteiger partial charge in [0.25, 0.3) is 0 Å². The Labute approximate surface area is 101 Å². The Morgan fingerprint density at radius 2 is 2.08 bits per heavy atom. The monoisotopic (exact) mass is 220 g/mol. The van der Waals surface area contributed by atoms with E-state index in [0.29, 0.717) is 6.42 Å². The maximum atomic E-state index is 10.7. The van der Waals surface area contributed by atoms with Crippen LogP contribution in [0.5, 0.6) is 0 Å². The number of ether oxygens (including phenoxy) is 1. The minimum Gasteiger partial charge on any atom is -1.00 e. The van der Waals surface area contributed by atoms with Gasteiger partial charge in [-0.2, -0.15) is 8.42 Å². The minimum atomic E-state index is -4.19. The van der Waals surface area contributed by atoms with Crippen LogP contribution in [0.25, 0.3) is 0 Å². The molecule has 0 fully saturated rings. The largest absolute Gasteiger partial charge is 1.00 e. The van der Waals surface area contributed by atoms with E-state index in [1.165, 1.54) is 0 Å². The molecule has 0 radical (unpaired) electrons. The van der Waals surface area contributed by atoms with Gasteiger partial charge in [-0.1, -0.05) is 13.3 Å². The van der Waals surface area contributed by atoms with Gasteiger partial charge in [0, 0.05) is 6.42 Å². The number of carbonyl (C=O) groups is 1. The number of esters is 1. The second-order valence-electron chi connectivity index (χ2n) is 2.32. The molecule has 5 nitrogen and oxygen atoms in total. The number of hydrogen-bond acceptors (Lipinski definition) is 4. The zero-order valence-electron chi connectivity index (χ0n) is 8.82. The Kier molecular flexibility index (Phi) is 9.44. The zero-order valence-corrected chi connectivity index (χ0v) is 10.6. The molecule has 0 aromatic carbocycles. The van der Waals surface area contributed by atoms with Crippen molar-refractivity contribution in [1.82, 2.24) is 0 Å². The summed E-state index contributed by atoms with van der Waals surface area (Å²) in [5, 5.41) is 0. The predicted molar refractivity (Wildman–Crippen MR) is 43.1 cm³/mol. The summed E-state index contributed by atoms with van der Waals surface area (Å²) in [5.74, 6) is -1.55. The normalized spacial score (nSPS) is 10.3. The number of carbonyl (C=O) groups excluding carboxylic acids is 1. The molecular weight excluding hydrogens is 207 g/mol. The number of hydrogen-bond donors (Lipinski definition) is 1. The van der Waals surface area contributed by atoms with Crippen molar-refractivity contribution in [2.75, 3.05) is 5.94 Å². The molecule has 0 atom stereocenters.